The number of aliphatic hydroxyl groups is 1. The van der Waals surface area contributed by atoms with Gasteiger partial charge in [0.05, 0.1) is 24.9 Å². The summed E-state index contributed by atoms with van der Waals surface area (Å²) in [4.78, 5) is 13.9. The van der Waals surface area contributed by atoms with Gasteiger partial charge in [-0.05, 0) is 46.5 Å². The highest BCUT2D eigenvalue weighted by Gasteiger charge is 2.27. The molecule has 0 atom stereocenters. The number of hydrogen-bond acceptors (Lipinski definition) is 5. The fourth-order valence-corrected chi connectivity index (χ4v) is 3.25. The third-order valence-corrected chi connectivity index (χ3v) is 4.50. The van der Waals surface area contributed by atoms with Crippen molar-refractivity contribution < 1.29 is 14.6 Å². The van der Waals surface area contributed by atoms with Crippen LogP contribution in [-0.2, 0) is 17.8 Å². The van der Waals surface area contributed by atoms with E-state index in [1.54, 1.807) is 4.90 Å². The fourth-order valence-electron chi connectivity index (χ4n) is 3.25. The van der Waals surface area contributed by atoms with Gasteiger partial charge in [0.1, 0.15) is 11.4 Å². The van der Waals surface area contributed by atoms with Crippen LogP contribution in [0.4, 0.5) is 10.6 Å². The maximum atomic E-state index is 12.2. The van der Waals surface area contributed by atoms with Crippen molar-refractivity contribution in [2.45, 2.75) is 77.3 Å². The Balaban J connectivity index is 1.59. The van der Waals surface area contributed by atoms with Gasteiger partial charge in [-0.2, -0.15) is 5.10 Å². The number of hydrogen-bond donors (Lipinski definition) is 2. The van der Waals surface area contributed by atoms with E-state index < -0.39 is 5.60 Å². The summed E-state index contributed by atoms with van der Waals surface area (Å²) in [6.45, 7) is 7.44. The van der Waals surface area contributed by atoms with Gasteiger partial charge in [0.15, 0.2) is 0 Å². The smallest absolute Gasteiger partial charge is 0.410 e. The molecule has 134 valence electrons. The van der Waals surface area contributed by atoms with Gasteiger partial charge in [-0.3, -0.25) is 4.68 Å². The molecule has 24 heavy (non-hydrogen) atoms. The Labute approximate surface area is 143 Å². The first-order chi connectivity index (χ1) is 11.3. The quantitative estimate of drug-likeness (QED) is 0.866. The van der Waals surface area contributed by atoms with Crippen molar-refractivity contribution in [1.82, 2.24) is 14.7 Å². The summed E-state index contributed by atoms with van der Waals surface area (Å²) < 4.78 is 7.41. The molecule has 1 aliphatic heterocycles. The molecule has 3 rings (SSSR count). The zero-order valence-corrected chi connectivity index (χ0v) is 14.8. The van der Waals surface area contributed by atoms with Gasteiger partial charge in [0.2, 0.25) is 0 Å². The van der Waals surface area contributed by atoms with Crippen molar-refractivity contribution in [3.63, 3.8) is 0 Å². The Kier molecular flexibility index (Phi) is 4.71. The molecule has 1 aliphatic carbocycles. The molecule has 1 aromatic rings. The van der Waals surface area contributed by atoms with E-state index in [1.807, 2.05) is 31.5 Å². The molecule has 2 aliphatic rings. The van der Waals surface area contributed by atoms with Crippen LogP contribution < -0.4 is 5.32 Å². The van der Waals surface area contributed by atoms with Crippen molar-refractivity contribution in [2.75, 3.05) is 11.9 Å². The van der Waals surface area contributed by atoms with E-state index in [0.717, 1.165) is 37.2 Å². The molecule has 7 nitrogen and oxygen atoms in total. The molecule has 7 heteroatoms. The number of nitrogens with one attached hydrogen (secondary N) is 1. The standard InChI is InChI=1S/C17H28N4O3/c1-17(2,3)24-16(23)20-8-9-21-13(11-20)10-15(19-21)18-12-4-6-14(22)7-5-12/h10,12,14,22H,4-9,11H2,1-3H3,(H,18,19). The Morgan fingerprint density at radius 3 is 2.67 bits per heavy atom. The third-order valence-electron chi connectivity index (χ3n) is 4.50. The van der Waals surface area contributed by atoms with Crippen LogP contribution in [-0.4, -0.2) is 50.2 Å². The van der Waals surface area contributed by atoms with Crippen LogP contribution in [0.2, 0.25) is 0 Å². The van der Waals surface area contributed by atoms with Crippen LogP contribution in [0.15, 0.2) is 6.07 Å². The lowest BCUT2D eigenvalue weighted by molar-refractivity contribution is 0.0194. The maximum Gasteiger partial charge on any atom is 0.410 e. The number of amides is 1. The molecule has 2 N–H and O–H groups in total. The molecular weight excluding hydrogens is 308 g/mol. The summed E-state index contributed by atoms with van der Waals surface area (Å²) in [6.07, 6.45) is 3.20. The first-order valence-corrected chi connectivity index (χ1v) is 8.79. The molecule has 1 saturated carbocycles. The number of anilines is 1. The maximum absolute atomic E-state index is 12.2. The minimum atomic E-state index is -0.479. The third kappa shape index (κ3) is 4.20. The average Bonchev–Trinajstić information content (AvgIpc) is 2.89. The molecule has 1 amide bonds. The summed E-state index contributed by atoms with van der Waals surface area (Å²) in [6, 6.07) is 2.38. The van der Waals surface area contributed by atoms with E-state index >= 15 is 0 Å². The fraction of sp³-hybridized carbons (Fsp3) is 0.765. The van der Waals surface area contributed by atoms with Gasteiger partial charge in [-0.25, -0.2) is 4.79 Å². The van der Waals surface area contributed by atoms with Crippen molar-refractivity contribution in [3.8, 4) is 0 Å². The Morgan fingerprint density at radius 2 is 2.00 bits per heavy atom. The largest absolute Gasteiger partial charge is 0.444 e. The lowest BCUT2D eigenvalue weighted by Crippen LogP contribution is -2.41. The Bertz CT molecular complexity index is 585. The van der Waals surface area contributed by atoms with Crippen LogP contribution in [0.5, 0.6) is 0 Å². The molecule has 0 bridgehead atoms. The van der Waals surface area contributed by atoms with E-state index in [-0.39, 0.29) is 12.2 Å². The van der Waals surface area contributed by atoms with Crippen molar-refractivity contribution >= 4 is 11.9 Å². The molecule has 1 fully saturated rings. The number of aliphatic hydroxyl groups excluding tert-OH is 1. The van der Waals surface area contributed by atoms with Gasteiger partial charge < -0.3 is 20.1 Å². The summed E-state index contributed by atoms with van der Waals surface area (Å²) in [7, 11) is 0. The van der Waals surface area contributed by atoms with Crippen LogP contribution in [0.3, 0.4) is 0 Å². The van der Waals surface area contributed by atoms with Crippen LogP contribution >= 0.6 is 0 Å². The van der Waals surface area contributed by atoms with Gasteiger partial charge in [-0.15, -0.1) is 0 Å². The zero-order valence-electron chi connectivity index (χ0n) is 14.8. The predicted molar refractivity (Wildman–Crippen MR) is 90.8 cm³/mol. The molecule has 1 aromatic heterocycles. The van der Waals surface area contributed by atoms with E-state index in [9.17, 15) is 9.90 Å². The Hall–Kier alpha value is -1.76. The van der Waals surface area contributed by atoms with Gasteiger partial charge >= 0.3 is 6.09 Å². The normalized spacial score (nSPS) is 24.4. The van der Waals surface area contributed by atoms with E-state index in [1.165, 1.54) is 0 Å². The summed E-state index contributed by atoms with van der Waals surface area (Å²) in [5.74, 6) is 0.859. The monoisotopic (exact) mass is 336 g/mol. The highest BCUT2D eigenvalue weighted by atomic mass is 16.6. The topological polar surface area (TPSA) is 79.6 Å². The van der Waals surface area contributed by atoms with Crippen molar-refractivity contribution in [1.29, 1.82) is 0 Å². The highest BCUT2D eigenvalue weighted by Crippen LogP contribution is 2.24. The molecule has 2 heterocycles. The molecule has 0 spiro atoms. The lowest BCUT2D eigenvalue weighted by atomic mass is 9.93. The SMILES string of the molecule is CC(C)(C)OC(=O)N1CCn2nc(NC3CCC(O)CC3)cc2C1. The number of ether oxygens (including phenoxy) is 1. The molecule has 0 aromatic carbocycles. The molecule has 0 radical (unpaired) electrons. The number of aromatic nitrogens is 2. The first-order valence-electron chi connectivity index (χ1n) is 8.79. The average molecular weight is 336 g/mol. The zero-order chi connectivity index (χ0) is 17.3. The van der Waals surface area contributed by atoms with Gasteiger partial charge in [0, 0.05) is 18.7 Å². The summed E-state index contributed by atoms with van der Waals surface area (Å²) >= 11 is 0. The van der Waals surface area contributed by atoms with Gasteiger partial charge in [-0.1, -0.05) is 0 Å². The number of nitrogens with zero attached hydrogens (tertiary/aromatic N) is 3. The van der Waals surface area contributed by atoms with E-state index in [4.69, 9.17) is 4.74 Å². The van der Waals surface area contributed by atoms with Crippen molar-refractivity contribution in [2.24, 2.45) is 0 Å². The predicted octanol–water partition coefficient (Wildman–Crippen LogP) is 2.35. The molecule has 0 saturated heterocycles. The highest BCUT2D eigenvalue weighted by molar-refractivity contribution is 5.68. The van der Waals surface area contributed by atoms with Crippen LogP contribution in [0, 0.1) is 0 Å². The lowest BCUT2D eigenvalue weighted by Gasteiger charge is -2.30. The van der Waals surface area contributed by atoms with Crippen LogP contribution in [0.1, 0.15) is 52.1 Å². The number of rotatable bonds is 2. The second-order valence-electron chi connectivity index (χ2n) is 7.80. The van der Waals surface area contributed by atoms with Crippen LogP contribution in [0.25, 0.3) is 0 Å². The summed E-state index contributed by atoms with van der Waals surface area (Å²) in [5.41, 5.74) is 0.540. The minimum absolute atomic E-state index is 0.152. The number of carbonyl (C=O) groups excluding carboxylic acids is 1. The van der Waals surface area contributed by atoms with E-state index in [2.05, 4.69) is 10.4 Å². The second kappa shape index (κ2) is 6.63. The van der Waals surface area contributed by atoms with Crippen molar-refractivity contribution in [3.05, 3.63) is 11.8 Å². The summed E-state index contributed by atoms with van der Waals surface area (Å²) in [5, 5.41) is 17.7. The minimum Gasteiger partial charge on any atom is -0.444 e. The van der Waals surface area contributed by atoms with E-state index in [0.29, 0.717) is 25.7 Å². The number of carbonyl (C=O) groups is 1. The first kappa shape index (κ1) is 17.1. The second-order valence-corrected chi connectivity index (χ2v) is 7.80. The van der Waals surface area contributed by atoms with Gasteiger partial charge in [0.25, 0.3) is 0 Å². The Morgan fingerprint density at radius 1 is 1.29 bits per heavy atom. The number of fused-ring (bicyclic) bond motifs is 1. The molecular formula is C17H28N4O3. The molecule has 0 unspecified atom stereocenters.